The molecule has 4 aromatic rings. The molecule has 0 spiro atoms. The van der Waals surface area contributed by atoms with Gasteiger partial charge in [0.05, 0.1) is 18.9 Å². The number of aliphatic imine (C=N–C) groups is 1. The van der Waals surface area contributed by atoms with Crippen LogP contribution in [0.4, 0.5) is 11.6 Å². The molecule has 0 unspecified atom stereocenters. The highest BCUT2D eigenvalue weighted by atomic mass is 32.2. The van der Waals surface area contributed by atoms with Crippen molar-refractivity contribution in [3.8, 4) is 0 Å². The molecule has 0 aliphatic heterocycles. The van der Waals surface area contributed by atoms with Crippen molar-refractivity contribution in [2.24, 2.45) is 4.99 Å². The first-order chi connectivity index (χ1) is 15.1. The van der Waals surface area contributed by atoms with Gasteiger partial charge in [0.15, 0.2) is 11.0 Å². The van der Waals surface area contributed by atoms with Gasteiger partial charge in [0.25, 0.3) is 0 Å². The lowest BCUT2D eigenvalue weighted by molar-refractivity contribution is 0.797. The van der Waals surface area contributed by atoms with Crippen molar-refractivity contribution < 1.29 is 0 Å². The van der Waals surface area contributed by atoms with E-state index < -0.39 is 0 Å². The number of amidine groups is 1. The number of anilines is 1. The third-order valence-electron chi connectivity index (χ3n) is 4.87. The summed E-state index contributed by atoms with van der Waals surface area (Å²) in [5.74, 6) is 1.43. The van der Waals surface area contributed by atoms with Gasteiger partial charge in [-0.2, -0.15) is 0 Å². The van der Waals surface area contributed by atoms with Crippen molar-refractivity contribution in [3.63, 3.8) is 0 Å². The number of benzene rings is 2. The summed E-state index contributed by atoms with van der Waals surface area (Å²) in [6.45, 7) is 5.74. The predicted molar refractivity (Wildman–Crippen MR) is 129 cm³/mol. The van der Waals surface area contributed by atoms with Gasteiger partial charge in [0, 0.05) is 19.3 Å². The minimum Gasteiger partial charge on any atom is -0.331 e. The van der Waals surface area contributed by atoms with Gasteiger partial charge in [-0.05, 0) is 31.2 Å². The highest BCUT2D eigenvalue weighted by Gasteiger charge is 2.06. The molecule has 158 valence electrons. The van der Waals surface area contributed by atoms with Crippen LogP contribution in [0.3, 0.4) is 0 Å². The van der Waals surface area contributed by atoms with E-state index in [9.17, 15) is 0 Å². The number of nitrogens with zero attached hydrogens (tertiary/aromatic N) is 5. The molecule has 2 aromatic carbocycles. The minimum absolute atomic E-state index is 0.669. The lowest BCUT2D eigenvalue weighted by atomic mass is 10.1. The number of aryl methyl sites for hydroxylation is 2. The van der Waals surface area contributed by atoms with E-state index in [0.717, 1.165) is 24.1 Å². The van der Waals surface area contributed by atoms with Crippen LogP contribution < -0.4 is 5.32 Å². The molecule has 0 radical (unpaired) electrons. The molecule has 0 saturated carbocycles. The van der Waals surface area contributed by atoms with Crippen LogP contribution in [0.15, 0.2) is 78.6 Å². The third kappa shape index (κ3) is 5.86. The molecule has 0 amide bonds. The zero-order chi connectivity index (χ0) is 21.6. The van der Waals surface area contributed by atoms with Crippen LogP contribution in [-0.4, -0.2) is 30.5 Å². The summed E-state index contributed by atoms with van der Waals surface area (Å²) in [6.07, 6.45) is 9.57. The maximum Gasteiger partial charge on any atom is 0.172 e. The van der Waals surface area contributed by atoms with Gasteiger partial charge in [0.2, 0.25) is 0 Å². The first-order valence-electron chi connectivity index (χ1n) is 10.1. The fourth-order valence-corrected chi connectivity index (χ4v) is 3.54. The van der Waals surface area contributed by atoms with Crippen molar-refractivity contribution in [1.82, 2.24) is 19.1 Å². The Balaban J connectivity index is 1.40. The summed E-state index contributed by atoms with van der Waals surface area (Å²) in [7, 11) is 0. The molecule has 4 rings (SSSR count). The van der Waals surface area contributed by atoms with Crippen LogP contribution >= 0.6 is 11.8 Å². The number of hydrogen-bond donors (Lipinski definition) is 1. The zero-order valence-electron chi connectivity index (χ0n) is 18.0. The van der Waals surface area contributed by atoms with Gasteiger partial charge in [-0.15, -0.1) is 0 Å². The van der Waals surface area contributed by atoms with Crippen LogP contribution in [0.1, 0.15) is 22.3 Å². The van der Waals surface area contributed by atoms with Gasteiger partial charge >= 0.3 is 0 Å². The molecule has 6 nitrogen and oxygen atoms in total. The van der Waals surface area contributed by atoms with Crippen LogP contribution in [0.25, 0.3) is 0 Å². The van der Waals surface area contributed by atoms with Crippen molar-refractivity contribution in [3.05, 3.63) is 95.8 Å². The molecule has 0 aliphatic carbocycles. The maximum absolute atomic E-state index is 4.64. The number of rotatable bonds is 6. The highest BCUT2D eigenvalue weighted by Crippen LogP contribution is 2.16. The van der Waals surface area contributed by atoms with E-state index in [0.29, 0.717) is 5.82 Å². The fourth-order valence-electron chi connectivity index (χ4n) is 3.15. The molecule has 0 aliphatic rings. The SMILES string of the molecule is CSC(=Nc1cn(Cc2ccc(C)cc2)cn1)Nc1cn(Cc2ccc(C)cc2)cn1. The van der Waals surface area contributed by atoms with Crippen LogP contribution in [0.2, 0.25) is 0 Å². The predicted octanol–water partition coefficient (Wildman–Crippen LogP) is 5.26. The Morgan fingerprint density at radius 3 is 1.97 bits per heavy atom. The molecule has 31 heavy (non-hydrogen) atoms. The molecule has 2 heterocycles. The van der Waals surface area contributed by atoms with E-state index >= 15 is 0 Å². The van der Waals surface area contributed by atoms with Crippen LogP contribution in [-0.2, 0) is 13.1 Å². The monoisotopic (exact) mass is 430 g/mol. The molecule has 1 N–H and O–H groups in total. The van der Waals surface area contributed by atoms with Gasteiger partial charge in [0.1, 0.15) is 5.82 Å². The maximum atomic E-state index is 4.64. The second-order valence-electron chi connectivity index (χ2n) is 7.55. The van der Waals surface area contributed by atoms with Crippen LogP contribution in [0.5, 0.6) is 0 Å². The average Bonchev–Trinajstić information content (AvgIpc) is 3.40. The first-order valence-corrected chi connectivity index (χ1v) is 11.3. The summed E-state index contributed by atoms with van der Waals surface area (Å²) in [6, 6.07) is 17.1. The summed E-state index contributed by atoms with van der Waals surface area (Å²) < 4.78 is 4.10. The number of hydrogen-bond acceptors (Lipinski definition) is 4. The molecule has 7 heteroatoms. The van der Waals surface area contributed by atoms with Gasteiger partial charge in [-0.25, -0.2) is 15.0 Å². The summed E-state index contributed by atoms with van der Waals surface area (Å²) in [5.41, 5.74) is 5.00. The Kier molecular flexibility index (Phi) is 6.52. The molecule has 0 saturated heterocycles. The second-order valence-corrected chi connectivity index (χ2v) is 8.35. The molecular weight excluding hydrogens is 404 g/mol. The lowest BCUT2D eigenvalue weighted by Crippen LogP contribution is -2.07. The zero-order valence-corrected chi connectivity index (χ0v) is 18.8. The topological polar surface area (TPSA) is 60.0 Å². The Morgan fingerprint density at radius 2 is 1.39 bits per heavy atom. The fraction of sp³-hybridized carbons (Fsp3) is 0.208. The molecule has 2 aromatic heterocycles. The van der Waals surface area contributed by atoms with Crippen molar-refractivity contribution >= 4 is 28.6 Å². The van der Waals surface area contributed by atoms with E-state index in [1.165, 1.54) is 34.0 Å². The van der Waals surface area contributed by atoms with Gasteiger partial charge in [-0.3, -0.25) is 0 Å². The smallest absolute Gasteiger partial charge is 0.172 e. The minimum atomic E-state index is 0.669. The van der Waals surface area contributed by atoms with Gasteiger partial charge in [-0.1, -0.05) is 71.4 Å². The van der Waals surface area contributed by atoms with E-state index in [4.69, 9.17) is 0 Å². The van der Waals surface area contributed by atoms with E-state index in [-0.39, 0.29) is 0 Å². The van der Waals surface area contributed by atoms with E-state index in [1.54, 1.807) is 0 Å². The lowest BCUT2D eigenvalue weighted by Gasteiger charge is -2.04. The van der Waals surface area contributed by atoms with Crippen molar-refractivity contribution in [1.29, 1.82) is 0 Å². The third-order valence-corrected chi connectivity index (χ3v) is 5.45. The van der Waals surface area contributed by atoms with Gasteiger partial charge < -0.3 is 14.5 Å². The summed E-state index contributed by atoms with van der Waals surface area (Å²) in [4.78, 5) is 13.5. The van der Waals surface area contributed by atoms with Crippen molar-refractivity contribution in [2.75, 3.05) is 11.6 Å². The summed E-state index contributed by atoms with van der Waals surface area (Å²) in [5, 5.41) is 4.04. The number of aromatic nitrogens is 4. The molecule has 0 atom stereocenters. The summed E-state index contributed by atoms with van der Waals surface area (Å²) >= 11 is 1.53. The molecular formula is C24H26N6S. The Morgan fingerprint density at radius 1 is 0.839 bits per heavy atom. The average molecular weight is 431 g/mol. The second kappa shape index (κ2) is 9.66. The Hall–Kier alpha value is -3.32. The standard InChI is InChI=1S/C24H26N6S/c1-18-4-8-20(9-5-18)12-29-14-22(25-16-29)27-24(31-3)28-23-15-30(17-26-23)13-21-10-6-19(2)7-11-21/h4-11,14-17H,12-13H2,1-3H3,(H,27,28). The number of nitrogens with one attached hydrogen (secondary N) is 1. The highest BCUT2D eigenvalue weighted by molar-refractivity contribution is 8.13. The Bertz CT molecular complexity index is 1160. The quantitative estimate of drug-likeness (QED) is 0.335. The van der Waals surface area contributed by atoms with E-state index in [2.05, 4.69) is 87.2 Å². The number of thioether (sulfide) groups is 1. The van der Waals surface area contributed by atoms with Crippen molar-refractivity contribution in [2.45, 2.75) is 26.9 Å². The first kappa shape index (κ1) is 20.9. The Labute approximate surface area is 187 Å². The normalized spacial score (nSPS) is 11.6. The van der Waals surface area contributed by atoms with Crippen LogP contribution in [0, 0.1) is 13.8 Å². The molecule has 0 fully saturated rings. The number of imidazole rings is 2. The molecule has 0 bridgehead atoms. The van der Waals surface area contributed by atoms with E-state index in [1.807, 2.05) is 35.9 Å². The largest absolute Gasteiger partial charge is 0.331 e.